The summed E-state index contributed by atoms with van der Waals surface area (Å²) >= 11 is 7.23. The summed E-state index contributed by atoms with van der Waals surface area (Å²) in [6.45, 7) is 0. The number of pyridine rings is 1. The fourth-order valence-corrected chi connectivity index (χ4v) is 1.89. The van der Waals surface area contributed by atoms with Crippen LogP contribution in [0.3, 0.4) is 0 Å². The molecule has 0 aliphatic heterocycles. The van der Waals surface area contributed by atoms with E-state index in [0.29, 0.717) is 21.0 Å². The second kappa shape index (κ2) is 4.46. The highest BCUT2D eigenvalue weighted by atomic mass is 35.5. The van der Waals surface area contributed by atoms with E-state index in [9.17, 15) is 0 Å². The standard InChI is InChI=1S/C9H7ClN4S/c10-6-2-1-4-12-8(6)15-9-13-5-3-7(11)14-9/h1-5H,(H2,11,13,14). The summed E-state index contributed by atoms with van der Waals surface area (Å²) in [6.07, 6.45) is 3.27. The predicted molar refractivity (Wildman–Crippen MR) is 59.8 cm³/mol. The van der Waals surface area contributed by atoms with Gasteiger partial charge in [-0.1, -0.05) is 11.6 Å². The Labute approximate surface area is 95.9 Å². The first-order chi connectivity index (χ1) is 7.25. The first-order valence-electron chi connectivity index (χ1n) is 4.12. The molecule has 0 amide bonds. The van der Waals surface area contributed by atoms with E-state index in [1.54, 1.807) is 30.6 Å². The Balaban J connectivity index is 2.26. The third-order valence-corrected chi connectivity index (χ3v) is 2.88. The maximum Gasteiger partial charge on any atom is 0.195 e. The van der Waals surface area contributed by atoms with Crippen molar-refractivity contribution in [1.29, 1.82) is 0 Å². The van der Waals surface area contributed by atoms with E-state index in [4.69, 9.17) is 17.3 Å². The van der Waals surface area contributed by atoms with Gasteiger partial charge in [0.1, 0.15) is 10.8 Å². The van der Waals surface area contributed by atoms with Crippen LogP contribution in [0.25, 0.3) is 0 Å². The zero-order chi connectivity index (χ0) is 10.7. The monoisotopic (exact) mass is 238 g/mol. The Bertz CT molecular complexity index is 477. The smallest absolute Gasteiger partial charge is 0.195 e. The number of anilines is 1. The van der Waals surface area contributed by atoms with Gasteiger partial charge in [-0.3, -0.25) is 0 Å². The lowest BCUT2D eigenvalue weighted by molar-refractivity contribution is 0.968. The van der Waals surface area contributed by atoms with Gasteiger partial charge in [-0.2, -0.15) is 0 Å². The lowest BCUT2D eigenvalue weighted by Gasteiger charge is -2.01. The second-order valence-electron chi connectivity index (χ2n) is 2.66. The molecule has 4 nitrogen and oxygen atoms in total. The number of nitrogen functional groups attached to an aromatic ring is 1. The molecule has 0 aliphatic carbocycles. The highest BCUT2D eigenvalue weighted by molar-refractivity contribution is 7.99. The minimum atomic E-state index is 0.430. The third kappa shape index (κ3) is 2.57. The van der Waals surface area contributed by atoms with Crippen molar-refractivity contribution in [2.24, 2.45) is 0 Å². The highest BCUT2D eigenvalue weighted by Gasteiger charge is 2.05. The Morgan fingerprint density at radius 2 is 2.07 bits per heavy atom. The number of hydrogen-bond acceptors (Lipinski definition) is 5. The molecule has 0 spiro atoms. The van der Waals surface area contributed by atoms with Crippen LogP contribution in [0.15, 0.2) is 40.8 Å². The van der Waals surface area contributed by atoms with Crippen LogP contribution in [0.2, 0.25) is 5.02 Å². The molecular weight excluding hydrogens is 232 g/mol. The molecule has 15 heavy (non-hydrogen) atoms. The SMILES string of the molecule is Nc1ccnc(Sc2ncccc2Cl)n1. The Hall–Kier alpha value is -1.33. The summed E-state index contributed by atoms with van der Waals surface area (Å²) in [4.78, 5) is 12.2. The highest BCUT2D eigenvalue weighted by Crippen LogP contribution is 2.28. The Morgan fingerprint density at radius 1 is 1.20 bits per heavy atom. The number of aromatic nitrogens is 3. The number of hydrogen-bond donors (Lipinski definition) is 1. The molecule has 0 saturated heterocycles. The second-order valence-corrected chi connectivity index (χ2v) is 4.02. The van der Waals surface area contributed by atoms with Gasteiger partial charge in [0, 0.05) is 12.4 Å². The van der Waals surface area contributed by atoms with E-state index in [2.05, 4.69) is 15.0 Å². The fraction of sp³-hybridized carbons (Fsp3) is 0. The number of rotatable bonds is 2. The molecule has 0 aliphatic rings. The molecule has 0 atom stereocenters. The molecule has 2 aromatic rings. The van der Waals surface area contributed by atoms with Crippen LogP contribution >= 0.6 is 23.4 Å². The summed E-state index contributed by atoms with van der Waals surface area (Å²) in [5.74, 6) is 0.430. The van der Waals surface area contributed by atoms with Crippen molar-refractivity contribution in [3.05, 3.63) is 35.6 Å². The average molecular weight is 239 g/mol. The first kappa shape index (κ1) is 10.2. The predicted octanol–water partition coefficient (Wildman–Crippen LogP) is 2.26. The normalized spacial score (nSPS) is 10.2. The largest absolute Gasteiger partial charge is 0.384 e. The molecule has 0 bridgehead atoms. The molecule has 0 aromatic carbocycles. The lowest BCUT2D eigenvalue weighted by Crippen LogP contribution is -1.93. The molecular formula is C9H7ClN4S. The zero-order valence-corrected chi connectivity index (χ0v) is 9.16. The van der Waals surface area contributed by atoms with Gasteiger partial charge < -0.3 is 5.73 Å². The summed E-state index contributed by atoms with van der Waals surface area (Å²) in [6, 6.07) is 5.17. The molecule has 0 radical (unpaired) electrons. The van der Waals surface area contributed by atoms with Crippen molar-refractivity contribution in [1.82, 2.24) is 15.0 Å². The van der Waals surface area contributed by atoms with E-state index in [-0.39, 0.29) is 0 Å². The lowest BCUT2D eigenvalue weighted by atomic mass is 10.5. The quantitative estimate of drug-likeness (QED) is 0.813. The van der Waals surface area contributed by atoms with Crippen LogP contribution in [-0.2, 0) is 0 Å². The van der Waals surface area contributed by atoms with Crippen molar-refractivity contribution in [3.8, 4) is 0 Å². The van der Waals surface area contributed by atoms with Crippen molar-refractivity contribution in [3.63, 3.8) is 0 Å². The van der Waals surface area contributed by atoms with Gasteiger partial charge in [0.05, 0.1) is 5.02 Å². The van der Waals surface area contributed by atoms with E-state index >= 15 is 0 Å². The van der Waals surface area contributed by atoms with Crippen LogP contribution in [-0.4, -0.2) is 15.0 Å². The summed E-state index contributed by atoms with van der Waals surface area (Å²) in [7, 11) is 0. The molecule has 0 unspecified atom stereocenters. The average Bonchev–Trinajstić information content (AvgIpc) is 2.22. The zero-order valence-electron chi connectivity index (χ0n) is 7.59. The van der Waals surface area contributed by atoms with Crippen LogP contribution in [0.1, 0.15) is 0 Å². The topological polar surface area (TPSA) is 64.7 Å². The van der Waals surface area contributed by atoms with E-state index in [1.807, 2.05) is 0 Å². The Kier molecular flexibility index (Phi) is 3.03. The summed E-state index contributed by atoms with van der Waals surface area (Å²) in [5, 5.41) is 1.79. The minimum Gasteiger partial charge on any atom is -0.384 e. The van der Waals surface area contributed by atoms with Crippen molar-refractivity contribution in [2.75, 3.05) is 5.73 Å². The fourth-order valence-electron chi connectivity index (χ4n) is 0.936. The van der Waals surface area contributed by atoms with Crippen molar-refractivity contribution < 1.29 is 0 Å². The first-order valence-corrected chi connectivity index (χ1v) is 5.32. The van der Waals surface area contributed by atoms with Crippen molar-refractivity contribution in [2.45, 2.75) is 10.2 Å². The number of nitrogens with two attached hydrogens (primary N) is 1. The molecule has 2 aromatic heterocycles. The van der Waals surface area contributed by atoms with E-state index < -0.39 is 0 Å². The molecule has 2 heterocycles. The number of nitrogens with zero attached hydrogens (tertiary/aromatic N) is 3. The molecule has 76 valence electrons. The molecule has 6 heteroatoms. The van der Waals surface area contributed by atoms with Crippen molar-refractivity contribution >= 4 is 29.2 Å². The summed E-state index contributed by atoms with van der Waals surface area (Å²) in [5.41, 5.74) is 5.53. The van der Waals surface area contributed by atoms with E-state index in [0.717, 1.165) is 0 Å². The maximum absolute atomic E-state index is 5.94. The molecule has 0 saturated carbocycles. The van der Waals surface area contributed by atoms with Crippen LogP contribution < -0.4 is 5.73 Å². The summed E-state index contributed by atoms with van der Waals surface area (Å²) < 4.78 is 0. The molecule has 2 N–H and O–H groups in total. The van der Waals surface area contributed by atoms with Gasteiger partial charge >= 0.3 is 0 Å². The van der Waals surface area contributed by atoms with E-state index in [1.165, 1.54) is 11.8 Å². The minimum absolute atomic E-state index is 0.430. The number of halogens is 1. The van der Waals surface area contributed by atoms with Crippen LogP contribution in [0, 0.1) is 0 Å². The van der Waals surface area contributed by atoms with Gasteiger partial charge in [0.25, 0.3) is 0 Å². The van der Waals surface area contributed by atoms with Gasteiger partial charge in [0.2, 0.25) is 0 Å². The Morgan fingerprint density at radius 3 is 2.80 bits per heavy atom. The third-order valence-electron chi connectivity index (χ3n) is 1.57. The van der Waals surface area contributed by atoms with Crippen LogP contribution in [0.5, 0.6) is 0 Å². The maximum atomic E-state index is 5.94. The van der Waals surface area contributed by atoms with Gasteiger partial charge in [0.15, 0.2) is 5.16 Å². The molecule has 0 fully saturated rings. The van der Waals surface area contributed by atoms with Gasteiger partial charge in [-0.05, 0) is 30.0 Å². The molecule has 2 rings (SSSR count). The van der Waals surface area contributed by atoms with Crippen LogP contribution in [0.4, 0.5) is 5.82 Å². The van der Waals surface area contributed by atoms with Gasteiger partial charge in [-0.15, -0.1) is 0 Å². The van der Waals surface area contributed by atoms with Gasteiger partial charge in [-0.25, -0.2) is 15.0 Å².